The Balaban J connectivity index is 2.53. The van der Waals surface area contributed by atoms with Gasteiger partial charge in [-0.25, -0.2) is 4.68 Å². The Hall–Kier alpha value is -0.990. The van der Waals surface area contributed by atoms with E-state index in [9.17, 15) is 0 Å². The fourth-order valence-electron chi connectivity index (χ4n) is 1.26. The summed E-state index contributed by atoms with van der Waals surface area (Å²) >= 11 is 11.7. The van der Waals surface area contributed by atoms with Crippen molar-refractivity contribution in [1.29, 1.82) is 0 Å². The highest BCUT2D eigenvalue weighted by atomic mass is 35.5. The van der Waals surface area contributed by atoms with Gasteiger partial charge in [0.05, 0.1) is 15.7 Å². The van der Waals surface area contributed by atoms with Gasteiger partial charge in [-0.1, -0.05) is 23.2 Å². The average molecular weight is 227 g/mol. The van der Waals surface area contributed by atoms with Gasteiger partial charge in [0.1, 0.15) is 0 Å². The van der Waals surface area contributed by atoms with Crippen LogP contribution in [0.15, 0.2) is 30.5 Å². The van der Waals surface area contributed by atoms with Crippen LogP contribution >= 0.6 is 23.2 Å². The molecule has 0 N–H and O–H groups in total. The first-order valence-corrected chi connectivity index (χ1v) is 4.90. The van der Waals surface area contributed by atoms with Gasteiger partial charge in [-0.2, -0.15) is 5.10 Å². The summed E-state index contributed by atoms with van der Waals surface area (Å²) < 4.78 is 1.81. The van der Waals surface area contributed by atoms with Crippen molar-refractivity contribution in [3.8, 4) is 5.69 Å². The lowest BCUT2D eigenvalue weighted by atomic mass is 10.3. The third kappa shape index (κ3) is 1.63. The zero-order chi connectivity index (χ0) is 10.1. The molecule has 0 spiro atoms. The van der Waals surface area contributed by atoms with Crippen LogP contribution in [0.3, 0.4) is 0 Å². The van der Waals surface area contributed by atoms with Crippen molar-refractivity contribution in [2.24, 2.45) is 0 Å². The average Bonchev–Trinajstić information content (AvgIpc) is 2.57. The van der Waals surface area contributed by atoms with Crippen molar-refractivity contribution in [2.45, 2.75) is 6.92 Å². The number of benzene rings is 1. The second-order valence-electron chi connectivity index (χ2n) is 2.98. The maximum absolute atomic E-state index is 5.91. The van der Waals surface area contributed by atoms with E-state index in [4.69, 9.17) is 23.2 Å². The van der Waals surface area contributed by atoms with Crippen molar-refractivity contribution in [3.05, 3.63) is 46.2 Å². The lowest BCUT2D eigenvalue weighted by molar-refractivity contribution is 0.847. The van der Waals surface area contributed by atoms with Crippen molar-refractivity contribution >= 4 is 23.2 Å². The molecule has 14 heavy (non-hydrogen) atoms. The van der Waals surface area contributed by atoms with Gasteiger partial charge in [-0.3, -0.25) is 0 Å². The topological polar surface area (TPSA) is 17.8 Å². The number of halogens is 2. The Morgan fingerprint density at radius 3 is 2.50 bits per heavy atom. The zero-order valence-electron chi connectivity index (χ0n) is 7.54. The van der Waals surface area contributed by atoms with Gasteiger partial charge in [0, 0.05) is 11.9 Å². The summed E-state index contributed by atoms with van der Waals surface area (Å²) in [5.41, 5.74) is 1.98. The van der Waals surface area contributed by atoms with E-state index in [2.05, 4.69) is 5.10 Å². The smallest absolute Gasteiger partial charge is 0.0664 e. The number of rotatable bonds is 1. The SMILES string of the molecule is Cc1ccnn1-c1ccc(Cl)c(Cl)c1. The van der Waals surface area contributed by atoms with Crippen LogP contribution in [-0.2, 0) is 0 Å². The fourth-order valence-corrected chi connectivity index (χ4v) is 1.55. The molecule has 1 aromatic carbocycles. The minimum absolute atomic E-state index is 0.541. The fraction of sp³-hybridized carbons (Fsp3) is 0.100. The second-order valence-corrected chi connectivity index (χ2v) is 3.80. The first-order chi connectivity index (χ1) is 6.68. The maximum atomic E-state index is 5.91. The predicted molar refractivity (Wildman–Crippen MR) is 58.3 cm³/mol. The van der Waals surface area contributed by atoms with E-state index in [-0.39, 0.29) is 0 Å². The Morgan fingerprint density at radius 2 is 1.93 bits per heavy atom. The zero-order valence-corrected chi connectivity index (χ0v) is 9.05. The quantitative estimate of drug-likeness (QED) is 0.729. The number of nitrogens with zero attached hydrogens (tertiary/aromatic N) is 2. The highest BCUT2D eigenvalue weighted by Gasteiger charge is 2.03. The summed E-state index contributed by atoms with van der Waals surface area (Å²) in [6.45, 7) is 1.98. The summed E-state index contributed by atoms with van der Waals surface area (Å²) in [6.07, 6.45) is 1.75. The summed E-state index contributed by atoms with van der Waals surface area (Å²) in [7, 11) is 0. The van der Waals surface area contributed by atoms with E-state index in [0.717, 1.165) is 11.4 Å². The molecule has 0 fully saturated rings. The molecule has 0 bridgehead atoms. The molecule has 1 aromatic heterocycles. The van der Waals surface area contributed by atoms with Gasteiger partial charge in [-0.05, 0) is 31.2 Å². The van der Waals surface area contributed by atoms with Gasteiger partial charge in [0.25, 0.3) is 0 Å². The van der Waals surface area contributed by atoms with E-state index >= 15 is 0 Å². The van der Waals surface area contributed by atoms with Crippen LogP contribution in [0.1, 0.15) is 5.69 Å². The highest BCUT2D eigenvalue weighted by molar-refractivity contribution is 6.42. The molecule has 0 saturated carbocycles. The molecule has 2 nitrogen and oxygen atoms in total. The maximum Gasteiger partial charge on any atom is 0.0664 e. The number of aromatic nitrogens is 2. The lowest BCUT2D eigenvalue weighted by Crippen LogP contribution is -1.97. The van der Waals surface area contributed by atoms with Crippen LogP contribution in [-0.4, -0.2) is 9.78 Å². The van der Waals surface area contributed by atoms with Crippen molar-refractivity contribution in [1.82, 2.24) is 9.78 Å². The van der Waals surface area contributed by atoms with Gasteiger partial charge < -0.3 is 0 Å². The van der Waals surface area contributed by atoms with E-state index in [1.165, 1.54) is 0 Å². The van der Waals surface area contributed by atoms with Crippen molar-refractivity contribution in [2.75, 3.05) is 0 Å². The summed E-state index contributed by atoms with van der Waals surface area (Å²) in [5, 5.41) is 5.27. The molecular formula is C10H8Cl2N2. The summed E-state index contributed by atoms with van der Waals surface area (Å²) in [6, 6.07) is 7.38. The van der Waals surface area contributed by atoms with Gasteiger partial charge in [-0.15, -0.1) is 0 Å². The van der Waals surface area contributed by atoms with Crippen LogP contribution in [0.5, 0.6) is 0 Å². The minimum Gasteiger partial charge on any atom is -0.238 e. The van der Waals surface area contributed by atoms with Gasteiger partial charge in [0.2, 0.25) is 0 Å². The highest BCUT2D eigenvalue weighted by Crippen LogP contribution is 2.24. The number of hydrogen-bond donors (Lipinski definition) is 0. The van der Waals surface area contributed by atoms with Crippen LogP contribution in [0, 0.1) is 6.92 Å². The van der Waals surface area contributed by atoms with Crippen LogP contribution in [0.2, 0.25) is 10.0 Å². The normalized spacial score (nSPS) is 10.5. The molecule has 4 heteroatoms. The summed E-state index contributed by atoms with van der Waals surface area (Å²) in [5.74, 6) is 0. The van der Waals surface area contributed by atoms with Gasteiger partial charge >= 0.3 is 0 Å². The minimum atomic E-state index is 0.541. The molecule has 0 aliphatic heterocycles. The van der Waals surface area contributed by atoms with Crippen LogP contribution < -0.4 is 0 Å². The lowest BCUT2D eigenvalue weighted by Gasteiger charge is -2.05. The molecule has 0 saturated heterocycles. The molecule has 0 atom stereocenters. The van der Waals surface area contributed by atoms with E-state index in [1.54, 1.807) is 18.3 Å². The molecule has 0 unspecified atom stereocenters. The van der Waals surface area contributed by atoms with E-state index < -0.39 is 0 Å². The molecule has 2 aromatic rings. The Labute approximate surface area is 92.1 Å². The third-order valence-electron chi connectivity index (χ3n) is 1.98. The molecule has 0 aliphatic carbocycles. The van der Waals surface area contributed by atoms with Gasteiger partial charge in [0.15, 0.2) is 0 Å². The summed E-state index contributed by atoms with van der Waals surface area (Å²) in [4.78, 5) is 0. The number of aryl methyl sites for hydroxylation is 1. The first-order valence-electron chi connectivity index (χ1n) is 4.14. The molecule has 2 rings (SSSR count). The monoisotopic (exact) mass is 226 g/mol. The predicted octanol–water partition coefficient (Wildman–Crippen LogP) is 3.49. The first kappa shape index (κ1) is 9.56. The van der Waals surface area contributed by atoms with Crippen molar-refractivity contribution in [3.63, 3.8) is 0 Å². The van der Waals surface area contributed by atoms with Crippen molar-refractivity contribution < 1.29 is 0 Å². The molecule has 0 amide bonds. The third-order valence-corrected chi connectivity index (χ3v) is 2.72. The molecule has 72 valence electrons. The van der Waals surface area contributed by atoms with Crippen LogP contribution in [0.25, 0.3) is 5.69 Å². The molecule has 1 heterocycles. The Bertz CT molecular complexity index is 463. The molecular weight excluding hydrogens is 219 g/mol. The standard InChI is InChI=1S/C10H8Cl2N2/c1-7-4-5-13-14(7)8-2-3-9(11)10(12)6-8/h2-6H,1H3. The molecule has 0 aliphatic rings. The van der Waals surface area contributed by atoms with Crippen LogP contribution in [0.4, 0.5) is 0 Å². The van der Waals surface area contributed by atoms with E-state index in [0.29, 0.717) is 10.0 Å². The number of hydrogen-bond acceptors (Lipinski definition) is 1. The van der Waals surface area contributed by atoms with E-state index in [1.807, 2.05) is 23.7 Å². The largest absolute Gasteiger partial charge is 0.238 e. The second kappa shape index (κ2) is 3.64. The Kier molecular flexibility index (Phi) is 2.48. The Morgan fingerprint density at radius 1 is 1.14 bits per heavy atom. The molecule has 0 radical (unpaired) electrons.